The average molecular weight is 602 g/mol. The SMILES string of the molecule is CN=C/C(CN(C)C(=O)c1ccc(-c2c(C)ccc(N/C(=C/C(N)=NC(=O)C3CC3)C(=N)C(=O)NC)c2OC)nc1)=C(/C)N. The second-order valence-electron chi connectivity index (χ2n) is 10.3. The van der Waals surface area contributed by atoms with Crippen LogP contribution in [0.5, 0.6) is 5.75 Å². The number of aromatic nitrogens is 1. The molecule has 13 nitrogen and oxygen atoms in total. The van der Waals surface area contributed by atoms with Gasteiger partial charge in [-0.3, -0.25) is 29.8 Å². The van der Waals surface area contributed by atoms with Crippen LogP contribution < -0.4 is 26.8 Å². The monoisotopic (exact) mass is 601 g/mol. The summed E-state index contributed by atoms with van der Waals surface area (Å²) in [4.78, 5) is 51.6. The van der Waals surface area contributed by atoms with Crippen molar-refractivity contribution < 1.29 is 19.1 Å². The second-order valence-corrected chi connectivity index (χ2v) is 10.3. The zero-order valence-electron chi connectivity index (χ0n) is 25.8. The van der Waals surface area contributed by atoms with E-state index in [1.54, 1.807) is 45.4 Å². The summed E-state index contributed by atoms with van der Waals surface area (Å²) in [5.74, 6) is -1.14. The Kier molecular flexibility index (Phi) is 11.1. The van der Waals surface area contributed by atoms with Gasteiger partial charge in [0.25, 0.3) is 17.7 Å². The predicted molar refractivity (Wildman–Crippen MR) is 172 cm³/mol. The molecule has 1 aromatic heterocycles. The summed E-state index contributed by atoms with van der Waals surface area (Å²) in [5.41, 5.74) is 15.6. The van der Waals surface area contributed by atoms with Gasteiger partial charge in [0.15, 0.2) is 5.75 Å². The Hall–Kier alpha value is -5.33. The minimum absolute atomic E-state index is 0.00786. The fourth-order valence-electron chi connectivity index (χ4n) is 4.24. The van der Waals surface area contributed by atoms with E-state index in [0.717, 1.165) is 24.0 Å². The maximum Gasteiger partial charge on any atom is 0.271 e. The summed E-state index contributed by atoms with van der Waals surface area (Å²) >= 11 is 0. The molecule has 2 aromatic rings. The largest absolute Gasteiger partial charge is 0.494 e. The molecule has 0 bridgehead atoms. The number of methoxy groups -OCH3 is 1. The van der Waals surface area contributed by atoms with Gasteiger partial charge < -0.3 is 31.7 Å². The number of carbonyl (C=O) groups is 3. The van der Waals surface area contributed by atoms with Gasteiger partial charge in [-0.25, -0.2) is 0 Å². The molecule has 13 heteroatoms. The van der Waals surface area contributed by atoms with Gasteiger partial charge in [0, 0.05) is 68.9 Å². The van der Waals surface area contributed by atoms with Crippen LogP contribution in [0.15, 0.2) is 63.5 Å². The number of anilines is 1. The van der Waals surface area contributed by atoms with E-state index in [1.165, 1.54) is 31.3 Å². The van der Waals surface area contributed by atoms with Gasteiger partial charge in [-0.2, -0.15) is 4.99 Å². The number of hydrogen-bond acceptors (Lipinski definition) is 9. The number of amides is 3. The van der Waals surface area contributed by atoms with Crippen molar-refractivity contribution in [3.8, 4) is 17.0 Å². The lowest BCUT2D eigenvalue weighted by Gasteiger charge is -2.20. The number of aryl methyl sites for hydroxylation is 1. The molecular formula is C31H39N9O4. The summed E-state index contributed by atoms with van der Waals surface area (Å²) < 4.78 is 5.77. The number of ether oxygens (including phenoxy) is 1. The van der Waals surface area contributed by atoms with E-state index in [-0.39, 0.29) is 35.8 Å². The number of nitrogens with one attached hydrogen (secondary N) is 3. The molecule has 232 valence electrons. The third-order valence-electron chi connectivity index (χ3n) is 6.83. The fraction of sp³-hybridized carbons (Fsp3) is 0.323. The molecule has 1 heterocycles. The molecule has 0 radical (unpaired) electrons. The Morgan fingerprint density at radius 3 is 2.45 bits per heavy atom. The third-order valence-corrected chi connectivity index (χ3v) is 6.83. The molecule has 1 aromatic carbocycles. The zero-order valence-corrected chi connectivity index (χ0v) is 25.8. The van der Waals surface area contributed by atoms with Crippen LogP contribution in [0.25, 0.3) is 11.3 Å². The first-order valence-corrected chi connectivity index (χ1v) is 13.9. The van der Waals surface area contributed by atoms with E-state index in [9.17, 15) is 14.4 Å². The molecule has 44 heavy (non-hydrogen) atoms. The lowest BCUT2D eigenvalue weighted by atomic mass is 10.0. The minimum Gasteiger partial charge on any atom is -0.494 e. The first kappa shape index (κ1) is 33.2. The van der Waals surface area contributed by atoms with E-state index in [4.69, 9.17) is 21.6 Å². The maximum atomic E-state index is 13.1. The van der Waals surface area contributed by atoms with Crippen LogP contribution in [0.4, 0.5) is 5.69 Å². The molecule has 3 amide bonds. The van der Waals surface area contributed by atoms with Crippen molar-refractivity contribution in [1.82, 2.24) is 15.2 Å². The molecule has 1 aliphatic rings. The summed E-state index contributed by atoms with van der Waals surface area (Å²) in [7, 11) is 6.20. The molecule has 0 unspecified atom stereocenters. The number of rotatable bonds is 12. The van der Waals surface area contributed by atoms with Gasteiger partial charge in [0.2, 0.25) is 0 Å². The number of carbonyl (C=O) groups excluding carboxylic acids is 3. The number of amidine groups is 1. The average Bonchev–Trinajstić information content (AvgIpc) is 3.86. The molecule has 0 spiro atoms. The number of aliphatic imine (C=N–C) groups is 2. The van der Waals surface area contributed by atoms with E-state index in [0.29, 0.717) is 34.0 Å². The van der Waals surface area contributed by atoms with E-state index in [2.05, 4.69) is 25.6 Å². The smallest absolute Gasteiger partial charge is 0.271 e. The van der Waals surface area contributed by atoms with Crippen molar-refractivity contribution in [1.29, 1.82) is 5.41 Å². The highest BCUT2D eigenvalue weighted by atomic mass is 16.5. The Morgan fingerprint density at radius 1 is 1.20 bits per heavy atom. The Bertz CT molecular complexity index is 1570. The van der Waals surface area contributed by atoms with Crippen LogP contribution in [0, 0.1) is 18.3 Å². The van der Waals surface area contributed by atoms with E-state index in [1.807, 2.05) is 13.0 Å². The molecule has 1 saturated carbocycles. The molecular weight excluding hydrogens is 562 g/mol. The standard InChI is InChI=1S/C31H39N9O4/c1-17-7-11-23(38-24(27(34)30(42)36-4)13-25(33)39-29(41)19-8-9-19)28(44-6)26(17)22-12-10-20(15-37-22)31(43)40(5)16-21(14-35-3)18(2)32/h7,10-15,19,34,38H,8-9,16,32H2,1-6H3,(H,36,42)(H2,33,39,41)/b21-18+,24-13+,34-27?,35-14?. The number of allylic oxidation sites excluding steroid dienone is 1. The van der Waals surface area contributed by atoms with E-state index >= 15 is 0 Å². The van der Waals surface area contributed by atoms with Crippen molar-refractivity contribution in [2.24, 2.45) is 27.4 Å². The van der Waals surface area contributed by atoms with Crippen LogP contribution in [0.3, 0.4) is 0 Å². The molecule has 0 aliphatic heterocycles. The summed E-state index contributed by atoms with van der Waals surface area (Å²) in [6.45, 7) is 3.92. The quantitative estimate of drug-likeness (QED) is 0.180. The number of pyridine rings is 1. The van der Waals surface area contributed by atoms with Crippen LogP contribution in [0.2, 0.25) is 0 Å². The topological polar surface area (TPSA) is 201 Å². The van der Waals surface area contributed by atoms with Crippen LogP contribution >= 0.6 is 0 Å². The van der Waals surface area contributed by atoms with Crippen LogP contribution in [0.1, 0.15) is 35.7 Å². The molecule has 1 aliphatic carbocycles. The molecule has 3 rings (SSSR count). The number of hydrogen-bond donors (Lipinski definition) is 5. The summed E-state index contributed by atoms with van der Waals surface area (Å²) in [5, 5.41) is 13.9. The predicted octanol–water partition coefficient (Wildman–Crippen LogP) is 2.43. The summed E-state index contributed by atoms with van der Waals surface area (Å²) in [6.07, 6.45) is 5.91. The first-order chi connectivity index (χ1) is 20.9. The van der Waals surface area contributed by atoms with Crippen molar-refractivity contribution in [2.75, 3.05) is 40.1 Å². The van der Waals surface area contributed by atoms with Crippen molar-refractivity contribution in [3.05, 3.63) is 64.6 Å². The number of nitrogens with zero attached hydrogens (tertiary/aromatic N) is 4. The van der Waals surface area contributed by atoms with Gasteiger partial charge in [-0.15, -0.1) is 0 Å². The molecule has 0 atom stereocenters. The highest BCUT2D eigenvalue weighted by molar-refractivity contribution is 6.45. The second kappa shape index (κ2) is 14.7. The highest BCUT2D eigenvalue weighted by Crippen LogP contribution is 2.39. The van der Waals surface area contributed by atoms with Gasteiger partial charge >= 0.3 is 0 Å². The highest BCUT2D eigenvalue weighted by Gasteiger charge is 2.29. The normalized spacial score (nSPS) is 14.1. The minimum atomic E-state index is -0.672. The van der Waals surface area contributed by atoms with Gasteiger partial charge in [-0.05, 0) is 50.5 Å². The zero-order chi connectivity index (χ0) is 32.6. The Labute approximate surface area is 256 Å². The fourth-order valence-corrected chi connectivity index (χ4v) is 4.24. The Morgan fingerprint density at radius 2 is 1.91 bits per heavy atom. The van der Waals surface area contributed by atoms with Gasteiger partial charge in [0.05, 0.1) is 29.8 Å². The van der Waals surface area contributed by atoms with Crippen LogP contribution in [-0.2, 0) is 9.59 Å². The number of likely N-dealkylation sites (N-methyl/N-ethyl adjacent to an activating group) is 1. The maximum absolute atomic E-state index is 13.1. The van der Waals surface area contributed by atoms with E-state index < -0.39 is 11.6 Å². The Balaban J connectivity index is 1.96. The van der Waals surface area contributed by atoms with Crippen molar-refractivity contribution in [2.45, 2.75) is 26.7 Å². The number of nitrogens with two attached hydrogens (primary N) is 2. The first-order valence-electron chi connectivity index (χ1n) is 13.9. The summed E-state index contributed by atoms with van der Waals surface area (Å²) in [6, 6.07) is 6.93. The lowest BCUT2D eigenvalue weighted by Crippen LogP contribution is -2.31. The molecule has 1 fully saturated rings. The lowest BCUT2D eigenvalue weighted by molar-refractivity contribution is -0.119. The van der Waals surface area contributed by atoms with Gasteiger partial charge in [-0.1, -0.05) is 6.07 Å². The van der Waals surface area contributed by atoms with Gasteiger partial charge in [0.1, 0.15) is 11.5 Å². The van der Waals surface area contributed by atoms with Crippen molar-refractivity contribution >= 4 is 41.2 Å². The molecule has 0 saturated heterocycles. The van der Waals surface area contributed by atoms with Crippen LogP contribution in [-0.4, -0.2) is 80.2 Å². The molecule has 7 N–H and O–H groups in total. The third kappa shape index (κ3) is 8.15. The number of benzene rings is 1. The van der Waals surface area contributed by atoms with Crippen molar-refractivity contribution in [3.63, 3.8) is 0 Å².